The molecule has 3 heteroatoms. The predicted molar refractivity (Wildman–Crippen MR) is 80.8 cm³/mol. The first kappa shape index (κ1) is 16.5. The lowest BCUT2D eigenvalue weighted by atomic mass is 9.87. The molecular weight excluding hydrogens is 236 g/mol. The van der Waals surface area contributed by atoms with E-state index in [0.29, 0.717) is 12.1 Å². The first-order valence-electron chi connectivity index (χ1n) is 8.00. The molecule has 0 heterocycles. The average Bonchev–Trinajstić information content (AvgIpc) is 2.28. The van der Waals surface area contributed by atoms with Gasteiger partial charge in [-0.15, -0.1) is 0 Å². The highest BCUT2D eigenvalue weighted by Crippen LogP contribution is 2.23. The first-order valence-corrected chi connectivity index (χ1v) is 8.00. The molecule has 2 aliphatic carbocycles. The van der Waals surface area contributed by atoms with Crippen molar-refractivity contribution in [2.75, 3.05) is 0 Å². The number of hydrogen-bond donors (Lipinski definition) is 2. The van der Waals surface area contributed by atoms with Gasteiger partial charge in [0.05, 0.1) is 0 Å². The number of carbonyl (C=O) groups excluding carboxylic acids is 1. The standard InChI is InChI=1S/C9H17NO.C7H15N/c1-7-4-3-5-9(6-7)10-8(2)11;1-6-3-2-4-7(8)5-6/h7,9H,3-6H2,1-2H3,(H,10,11);6-7H,2-5,8H2,1H3/t7-,9+;6-,7+/m11/s1. The third kappa shape index (κ3) is 7.56. The van der Waals surface area contributed by atoms with Crippen molar-refractivity contribution in [2.24, 2.45) is 17.6 Å². The number of hydrogen-bond acceptors (Lipinski definition) is 2. The Morgan fingerprint density at radius 1 is 1.00 bits per heavy atom. The SMILES string of the molecule is CC(=O)N[C@H]1CCC[C@@H](C)C1.C[C@@H]1CCC[C@H](N)C1. The van der Waals surface area contributed by atoms with Crippen LogP contribution in [0.3, 0.4) is 0 Å². The van der Waals surface area contributed by atoms with Crippen LogP contribution in [0.1, 0.15) is 72.1 Å². The van der Waals surface area contributed by atoms with Gasteiger partial charge in [0.1, 0.15) is 0 Å². The van der Waals surface area contributed by atoms with E-state index in [2.05, 4.69) is 19.2 Å². The molecule has 0 bridgehead atoms. The quantitative estimate of drug-likeness (QED) is 0.767. The van der Waals surface area contributed by atoms with Crippen LogP contribution >= 0.6 is 0 Å². The lowest BCUT2D eigenvalue weighted by Crippen LogP contribution is -2.36. The summed E-state index contributed by atoms with van der Waals surface area (Å²) in [6.07, 6.45) is 10.2. The minimum atomic E-state index is 0.115. The number of nitrogens with two attached hydrogens (primary N) is 1. The van der Waals surface area contributed by atoms with Crippen molar-refractivity contribution in [1.82, 2.24) is 5.32 Å². The Hall–Kier alpha value is -0.570. The van der Waals surface area contributed by atoms with Crippen molar-refractivity contribution in [3.63, 3.8) is 0 Å². The van der Waals surface area contributed by atoms with Crippen LogP contribution in [0, 0.1) is 11.8 Å². The van der Waals surface area contributed by atoms with E-state index in [-0.39, 0.29) is 5.91 Å². The largest absolute Gasteiger partial charge is 0.354 e. The van der Waals surface area contributed by atoms with Crippen LogP contribution in [0.5, 0.6) is 0 Å². The lowest BCUT2D eigenvalue weighted by Gasteiger charge is -2.26. The Balaban J connectivity index is 0.000000200. The molecule has 3 N–H and O–H groups in total. The molecule has 2 rings (SSSR count). The minimum Gasteiger partial charge on any atom is -0.354 e. The van der Waals surface area contributed by atoms with Gasteiger partial charge in [-0.05, 0) is 37.5 Å². The molecule has 0 aromatic heterocycles. The molecule has 2 saturated carbocycles. The molecule has 0 saturated heterocycles. The molecule has 4 atom stereocenters. The maximum absolute atomic E-state index is 10.7. The summed E-state index contributed by atoms with van der Waals surface area (Å²) in [5.74, 6) is 1.79. The van der Waals surface area contributed by atoms with Crippen molar-refractivity contribution < 1.29 is 4.79 Å². The topological polar surface area (TPSA) is 55.1 Å². The van der Waals surface area contributed by atoms with E-state index in [0.717, 1.165) is 11.8 Å². The maximum Gasteiger partial charge on any atom is 0.217 e. The molecule has 2 aliphatic rings. The van der Waals surface area contributed by atoms with Crippen molar-refractivity contribution in [3.05, 3.63) is 0 Å². The summed E-state index contributed by atoms with van der Waals surface area (Å²) in [5, 5.41) is 2.97. The molecule has 0 radical (unpaired) electrons. The zero-order valence-electron chi connectivity index (χ0n) is 13.0. The second-order valence-electron chi connectivity index (χ2n) is 6.70. The second-order valence-corrected chi connectivity index (χ2v) is 6.70. The van der Waals surface area contributed by atoms with Crippen LogP contribution in [0.4, 0.5) is 0 Å². The van der Waals surface area contributed by atoms with E-state index < -0.39 is 0 Å². The average molecular weight is 268 g/mol. The molecule has 19 heavy (non-hydrogen) atoms. The van der Waals surface area contributed by atoms with E-state index in [1.165, 1.54) is 51.4 Å². The van der Waals surface area contributed by atoms with Gasteiger partial charge < -0.3 is 11.1 Å². The van der Waals surface area contributed by atoms with Crippen LogP contribution in [-0.4, -0.2) is 18.0 Å². The summed E-state index contributed by atoms with van der Waals surface area (Å²) < 4.78 is 0. The van der Waals surface area contributed by atoms with Crippen LogP contribution < -0.4 is 11.1 Å². The fraction of sp³-hybridized carbons (Fsp3) is 0.938. The fourth-order valence-corrected chi connectivity index (χ4v) is 3.33. The number of carbonyl (C=O) groups is 1. The van der Waals surface area contributed by atoms with Gasteiger partial charge >= 0.3 is 0 Å². The van der Waals surface area contributed by atoms with Crippen molar-refractivity contribution in [1.29, 1.82) is 0 Å². The molecule has 0 spiro atoms. The minimum absolute atomic E-state index is 0.115. The molecule has 112 valence electrons. The van der Waals surface area contributed by atoms with Crippen molar-refractivity contribution in [3.8, 4) is 0 Å². The summed E-state index contributed by atoms with van der Waals surface area (Å²) in [5.41, 5.74) is 5.73. The van der Waals surface area contributed by atoms with Gasteiger partial charge in [0.15, 0.2) is 0 Å². The van der Waals surface area contributed by atoms with Crippen LogP contribution in [0.25, 0.3) is 0 Å². The van der Waals surface area contributed by atoms with E-state index in [4.69, 9.17) is 5.73 Å². The number of nitrogens with one attached hydrogen (secondary N) is 1. The Morgan fingerprint density at radius 3 is 2.00 bits per heavy atom. The van der Waals surface area contributed by atoms with Gasteiger partial charge in [-0.25, -0.2) is 0 Å². The normalized spacial score (nSPS) is 34.9. The summed E-state index contributed by atoms with van der Waals surface area (Å²) in [7, 11) is 0. The highest BCUT2D eigenvalue weighted by Gasteiger charge is 2.18. The highest BCUT2D eigenvalue weighted by molar-refractivity contribution is 5.73. The predicted octanol–water partition coefficient (Wildman–Crippen LogP) is 3.23. The highest BCUT2D eigenvalue weighted by atomic mass is 16.1. The first-order chi connectivity index (χ1) is 8.97. The number of amides is 1. The molecule has 0 unspecified atom stereocenters. The zero-order chi connectivity index (χ0) is 14.3. The third-order valence-electron chi connectivity index (χ3n) is 4.32. The molecule has 1 amide bonds. The smallest absolute Gasteiger partial charge is 0.217 e. The molecule has 0 aliphatic heterocycles. The Morgan fingerprint density at radius 2 is 1.58 bits per heavy atom. The van der Waals surface area contributed by atoms with Crippen molar-refractivity contribution in [2.45, 2.75) is 84.2 Å². The van der Waals surface area contributed by atoms with E-state index in [1.807, 2.05) is 0 Å². The maximum atomic E-state index is 10.7. The Kier molecular flexibility index (Phi) is 7.44. The van der Waals surface area contributed by atoms with E-state index in [9.17, 15) is 4.79 Å². The molecule has 0 aromatic carbocycles. The zero-order valence-corrected chi connectivity index (χ0v) is 13.0. The lowest BCUT2D eigenvalue weighted by molar-refractivity contribution is -0.119. The fourth-order valence-electron chi connectivity index (χ4n) is 3.33. The summed E-state index contributed by atoms with van der Waals surface area (Å²) in [6.45, 7) is 6.15. The molecule has 0 aromatic rings. The van der Waals surface area contributed by atoms with Crippen LogP contribution in [-0.2, 0) is 4.79 Å². The number of rotatable bonds is 1. The molecule has 3 nitrogen and oxygen atoms in total. The molecule has 2 fully saturated rings. The van der Waals surface area contributed by atoms with Crippen molar-refractivity contribution >= 4 is 5.91 Å². The summed E-state index contributed by atoms with van der Waals surface area (Å²) in [6, 6.07) is 0.968. The van der Waals surface area contributed by atoms with Gasteiger partial charge in [-0.1, -0.05) is 39.5 Å². The van der Waals surface area contributed by atoms with Gasteiger partial charge in [0.2, 0.25) is 5.91 Å². The van der Waals surface area contributed by atoms with E-state index in [1.54, 1.807) is 6.92 Å². The van der Waals surface area contributed by atoms with Gasteiger partial charge in [-0.2, -0.15) is 0 Å². The van der Waals surface area contributed by atoms with Gasteiger partial charge in [0, 0.05) is 19.0 Å². The Bertz CT molecular complexity index is 259. The van der Waals surface area contributed by atoms with Gasteiger partial charge in [-0.3, -0.25) is 4.79 Å². The monoisotopic (exact) mass is 268 g/mol. The Labute approximate surface area is 118 Å². The van der Waals surface area contributed by atoms with Crippen LogP contribution in [0.2, 0.25) is 0 Å². The molecular formula is C16H32N2O. The van der Waals surface area contributed by atoms with Gasteiger partial charge in [0.25, 0.3) is 0 Å². The second kappa shape index (κ2) is 8.57. The van der Waals surface area contributed by atoms with E-state index >= 15 is 0 Å². The third-order valence-corrected chi connectivity index (χ3v) is 4.32. The summed E-state index contributed by atoms with van der Waals surface area (Å²) in [4.78, 5) is 10.7. The summed E-state index contributed by atoms with van der Waals surface area (Å²) >= 11 is 0. The van der Waals surface area contributed by atoms with Crippen LogP contribution in [0.15, 0.2) is 0 Å².